The third kappa shape index (κ3) is 2.84. The number of nitrogens with zero attached hydrogens (tertiary/aromatic N) is 1. The van der Waals surface area contributed by atoms with Gasteiger partial charge in [-0.05, 0) is 38.0 Å². The number of aromatic nitrogens is 2. The smallest absolute Gasteiger partial charge is 0.227 e. The highest BCUT2D eigenvalue weighted by molar-refractivity contribution is 5.94. The molecular formula is C17H21N3O3. The number of carbonyl (C=O) groups is 1. The molecule has 1 amide bonds. The molecule has 2 aliphatic rings. The van der Waals surface area contributed by atoms with Crippen LogP contribution in [0.15, 0.2) is 18.2 Å². The Morgan fingerprint density at radius 2 is 2.04 bits per heavy atom. The van der Waals surface area contributed by atoms with Crippen LogP contribution in [-0.2, 0) is 14.3 Å². The van der Waals surface area contributed by atoms with Crippen LogP contribution in [0, 0.1) is 12.8 Å². The third-order valence-electron chi connectivity index (χ3n) is 4.80. The Balaban J connectivity index is 1.41. The first-order chi connectivity index (χ1) is 11.1. The Bertz CT molecular complexity index is 724. The number of amides is 1. The van der Waals surface area contributed by atoms with Gasteiger partial charge in [0.15, 0.2) is 5.79 Å². The number of aryl methyl sites for hydroxylation is 1. The monoisotopic (exact) mass is 315 g/mol. The van der Waals surface area contributed by atoms with E-state index < -0.39 is 5.79 Å². The Morgan fingerprint density at radius 3 is 2.78 bits per heavy atom. The Labute approximate surface area is 134 Å². The van der Waals surface area contributed by atoms with Gasteiger partial charge in [-0.15, -0.1) is 0 Å². The van der Waals surface area contributed by atoms with Crippen LogP contribution in [0.5, 0.6) is 0 Å². The fraction of sp³-hybridized carbons (Fsp3) is 0.529. The maximum absolute atomic E-state index is 12.5. The maximum atomic E-state index is 12.5. The van der Waals surface area contributed by atoms with Gasteiger partial charge in [0.1, 0.15) is 5.82 Å². The quantitative estimate of drug-likeness (QED) is 0.893. The highest BCUT2D eigenvalue weighted by atomic mass is 16.7. The van der Waals surface area contributed by atoms with Crippen molar-refractivity contribution in [1.29, 1.82) is 0 Å². The molecule has 1 aromatic heterocycles. The molecule has 4 rings (SSSR count). The Morgan fingerprint density at radius 1 is 1.30 bits per heavy atom. The van der Waals surface area contributed by atoms with Gasteiger partial charge < -0.3 is 19.8 Å². The Hall–Kier alpha value is -1.92. The van der Waals surface area contributed by atoms with Crippen LogP contribution in [0.2, 0.25) is 0 Å². The van der Waals surface area contributed by atoms with Crippen LogP contribution in [0.4, 0.5) is 5.69 Å². The van der Waals surface area contributed by atoms with Gasteiger partial charge in [0, 0.05) is 24.4 Å². The number of imidazole rings is 1. The number of aromatic amines is 1. The summed E-state index contributed by atoms with van der Waals surface area (Å²) < 4.78 is 11.4. The lowest BCUT2D eigenvalue weighted by molar-refractivity contribution is -0.182. The normalized spacial score (nSPS) is 21.1. The molecule has 0 radical (unpaired) electrons. The molecule has 1 saturated heterocycles. The number of H-pyrrole nitrogens is 1. The van der Waals surface area contributed by atoms with E-state index in [0.29, 0.717) is 13.2 Å². The third-order valence-corrected chi connectivity index (χ3v) is 4.80. The average Bonchev–Trinajstić information content (AvgIpc) is 3.13. The number of nitrogens with one attached hydrogen (secondary N) is 2. The standard InChI is InChI=1S/C17H21N3O3/c1-11-18-14-3-2-13(10-15(14)19-11)20-16(21)12-4-6-17(7-5-12)22-8-9-23-17/h2-3,10,12H,4-9H2,1H3,(H,18,19)(H,20,21). The van der Waals surface area contributed by atoms with Crippen LogP contribution in [0.1, 0.15) is 31.5 Å². The molecule has 0 unspecified atom stereocenters. The van der Waals surface area contributed by atoms with Crippen LogP contribution in [0.3, 0.4) is 0 Å². The summed E-state index contributed by atoms with van der Waals surface area (Å²) in [6.45, 7) is 3.25. The van der Waals surface area contributed by atoms with E-state index in [1.807, 2.05) is 25.1 Å². The van der Waals surface area contributed by atoms with Crippen LogP contribution in [0.25, 0.3) is 11.0 Å². The van der Waals surface area contributed by atoms with Crippen molar-refractivity contribution in [1.82, 2.24) is 9.97 Å². The summed E-state index contributed by atoms with van der Waals surface area (Å²) in [7, 11) is 0. The molecule has 6 nitrogen and oxygen atoms in total. The summed E-state index contributed by atoms with van der Waals surface area (Å²) in [5.74, 6) is 0.557. The molecule has 2 fully saturated rings. The maximum Gasteiger partial charge on any atom is 0.227 e. The van der Waals surface area contributed by atoms with Crippen molar-refractivity contribution in [3.8, 4) is 0 Å². The van der Waals surface area contributed by atoms with E-state index in [1.165, 1.54) is 0 Å². The number of fused-ring (bicyclic) bond motifs is 1. The predicted octanol–water partition coefficient (Wildman–Crippen LogP) is 2.74. The summed E-state index contributed by atoms with van der Waals surface area (Å²) in [5.41, 5.74) is 2.66. The van der Waals surface area contributed by atoms with Gasteiger partial charge >= 0.3 is 0 Å². The van der Waals surface area contributed by atoms with Gasteiger partial charge in [-0.1, -0.05) is 0 Å². The molecule has 1 aromatic carbocycles. The molecule has 2 aromatic rings. The van der Waals surface area contributed by atoms with Crippen molar-refractivity contribution >= 4 is 22.6 Å². The van der Waals surface area contributed by atoms with E-state index in [-0.39, 0.29) is 11.8 Å². The van der Waals surface area contributed by atoms with Crippen molar-refractivity contribution < 1.29 is 14.3 Å². The van der Waals surface area contributed by atoms with E-state index in [9.17, 15) is 4.79 Å². The molecule has 1 aliphatic carbocycles. The fourth-order valence-electron chi connectivity index (χ4n) is 3.56. The molecule has 1 aliphatic heterocycles. The predicted molar refractivity (Wildman–Crippen MR) is 86.1 cm³/mol. The highest BCUT2D eigenvalue weighted by Crippen LogP contribution is 2.38. The van der Waals surface area contributed by atoms with Crippen molar-refractivity contribution in [3.05, 3.63) is 24.0 Å². The molecule has 122 valence electrons. The fourth-order valence-corrected chi connectivity index (χ4v) is 3.56. The minimum absolute atomic E-state index is 0.0209. The summed E-state index contributed by atoms with van der Waals surface area (Å²) in [5, 5.41) is 3.02. The first-order valence-electron chi connectivity index (χ1n) is 8.19. The van der Waals surface area contributed by atoms with E-state index >= 15 is 0 Å². The lowest BCUT2D eigenvalue weighted by atomic mass is 9.84. The summed E-state index contributed by atoms with van der Waals surface area (Å²) in [4.78, 5) is 20.1. The first-order valence-corrected chi connectivity index (χ1v) is 8.19. The summed E-state index contributed by atoms with van der Waals surface area (Å²) in [6, 6.07) is 5.75. The SMILES string of the molecule is Cc1nc2ccc(NC(=O)C3CCC4(CC3)OCCO4)cc2[nH]1. The number of hydrogen-bond acceptors (Lipinski definition) is 4. The second-order valence-electron chi connectivity index (χ2n) is 6.43. The number of carbonyl (C=O) groups excluding carboxylic acids is 1. The van der Waals surface area contributed by atoms with E-state index in [0.717, 1.165) is 48.2 Å². The van der Waals surface area contributed by atoms with Crippen LogP contribution in [-0.4, -0.2) is 34.9 Å². The van der Waals surface area contributed by atoms with Gasteiger partial charge in [-0.2, -0.15) is 0 Å². The molecule has 6 heteroatoms. The Kier molecular flexibility index (Phi) is 3.58. The highest BCUT2D eigenvalue weighted by Gasteiger charge is 2.41. The molecule has 0 bridgehead atoms. The molecule has 2 N–H and O–H groups in total. The second kappa shape index (κ2) is 5.62. The van der Waals surface area contributed by atoms with Gasteiger partial charge in [0.05, 0.1) is 24.2 Å². The topological polar surface area (TPSA) is 76.2 Å². The second-order valence-corrected chi connectivity index (χ2v) is 6.43. The largest absolute Gasteiger partial charge is 0.348 e. The summed E-state index contributed by atoms with van der Waals surface area (Å²) >= 11 is 0. The van der Waals surface area contributed by atoms with Crippen molar-refractivity contribution in [3.63, 3.8) is 0 Å². The lowest BCUT2D eigenvalue weighted by Crippen LogP contribution is -2.38. The molecule has 23 heavy (non-hydrogen) atoms. The van der Waals surface area contributed by atoms with Gasteiger partial charge in [-0.25, -0.2) is 4.98 Å². The van der Waals surface area contributed by atoms with Gasteiger partial charge in [0.25, 0.3) is 0 Å². The number of ether oxygens (including phenoxy) is 2. The van der Waals surface area contributed by atoms with Crippen molar-refractivity contribution in [2.75, 3.05) is 18.5 Å². The number of hydrogen-bond donors (Lipinski definition) is 2. The number of rotatable bonds is 2. The average molecular weight is 315 g/mol. The van der Waals surface area contributed by atoms with Gasteiger partial charge in [0.2, 0.25) is 5.91 Å². The molecule has 2 heterocycles. The minimum atomic E-state index is -0.414. The zero-order valence-corrected chi connectivity index (χ0v) is 13.2. The summed E-state index contributed by atoms with van der Waals surface area (Å²) in [6.07, 6.45) is 3.20. The number of benzene rings is 1. The lowest BCUT2D eigenvalue weighted by Gasteiger charge is -2.34. The van der Waals surface area contributed by atoms with Gasteiger partial charge in [-0.3, -0.25) is 4.79 Å². The molecular weight excluding hydrogens is 294 g/mol. The van der Waals surface area contributed by atoms with Crippen molar-refractivity contribution in [2.24, 2.45) is 5.92 Å². The zero-order valence-electron chi connectivity index (χ0n) is 13.2. The van der Waals surface area contributed by atoms with E-state index in [2.05, 4.69) is 15.3 Å². The van der Waals surface area contributed by atoms with Crippen LogP contribution >= 0.6 is 0 Å². The minimum Gasteiger partial charge on any atom is -0.348 e. The van der Waals surface area contributed by atoms with Crippen LogP contribution < -0.4 is 5.32 Å². The van der Waals surface area contributed by atoms with E-state index in [4.69, 9.17) is 9.47 Å². The number of anilines is 1. The molecule has 1 saturated carbocycles. The first kappa shape index (κ1) is 14.7. The van der Waals surface area contributed by atoms with E-state index in [1.54, 1.807) is 0 Å². The zero-order chi connectivity index (χ0) is 15.9. The van der Waals surface area contributed by atoms with Crippen molar-refractivity contribution in [2.45, 2.75) is 38.4 Å². The molecule has 1 spiro atoms. The molecule has 0 atom stereocenters.